The smallest absolute Gasteiger partial charge is 0.406 e. The maximum atomic E-state index is 12.5. The number of amides is 1. The standard InChI is InChI=1S/C17H22F3NO3/c1-16(2,13-7-9-23-10-8-13)15(22)21-11-12-3-5-14(6-4-12)24-17(18,19)20/h3-6,13H,7-11H2,1-2H3,(H,21,22). The second-order valence-corrected chi connectivity index (χ2v) is 6.48. The first kappa shape index (κ1) is 18.6. The van der Waals surface area contributed by atoms with Gasteiger partial charge in [-0.15, -0.1) is 13.2 Å². The van der Waals surface area contributed by atoms with E-state index >= 15 is 0 Å². The largest absolute Gasteiger partial charge is 0.573 e. The summed E-state index contributed by atoms with van der Waals surface area (Å²) in [6.07, 6.45) is -3.00. The zero-order valence-corrected chi connectivity index (χ0v) is 13.8. The molecule has 24 heavy (non-hydrogen) atoms. The Hall–Kier alpha value is -1.76. The molecule has 1 saturated heterocycles. The maximum Gasteiger partial charge on any atom is 0.573 e. The molecule has 0 saturated carbocycles. The van der Waals surface area contributed by atoms with Gasteiger partial charge in [-0.05, 0) is 36.5 Å². The van der Waals surface area contributed by atoms with Crippen LogP contribution in [0.2, 0.25) is 0 Å². The molecule has 1 aliphatic heterocycles. The summed E-state index contributed by atoms with van der Waals surface area (Å²) in [6, 6.07) is 5.47. The van der Waals surface area contributed by atoms with Crippen LogP contribution in [0.3, 0.4) is 0 Å². The Labute approximate surface area is 139 Å². The first-order valence-electron chi connectivity index (χ1n) is 7.89. The molecule has 0 aromatic heterocycles. The van der Waals surface area contributed by atoms with Crippen molar-refractivity contribution in [3.8, 4) is 5.75 Å². The van der Waals surface area contributed by atoms with Crippen molar-refractivity contribution in [3.63, 3.8) is 0 Å². The highest BCUT2D eigenvalue weighted by Gasteiger charge is 2.37. The van der Waals surface area contributed by atoms with Crippen LogP contribution < -0.4 is 10.1 Å². The number of halogens is 3. The van der Waals surface area contributed by atoms with E-state index in [1.165, 1.54) is 24.3 Å². The van der Waals surface area contributed by atoms with E-state index in [0.717, 1.165) is 12.8 Å². The summed E-state index contributed by atoms with van der Waals surface area (Å²) >= 11 is 0. The van der Waals surface area contributed by atoms with Crippen molar-refractivity contribution in [1.82, 2.24) is 5.32 Å². The molecular weight excluding hydrogens is 323 g/mol. The third-order valence-electron chi connectivity index (χ3n) is 4.44. The Morgan fingerprint density at radius 2 is 1.79 bits per heavy atom. The second-order valence-electron chi connectivity index (χ2n) is 6.48. The normalized spacial score (nSPS) is 16.7. The van der Waals surface area contributed by atoms with Crippen LogP contribution in [0.15, 0.2) is 24.3 Å². The first-order valence-corrected chi connectivity index (χ1v) is 7.89. The number of rotatable bonds is 5. The van der Waals surface area contributed by atoms with Gasteiger partial charge in [-0.25, -0.2) is 0 Å². The van der Waals surface area contributed by atoms with Gasteiger partial charge < -0.3 is 14.8 Å². The number of hydrogen-bond acceptors (Lipinski definition) is 3. The Balaban J connectivity index is 1.89. The van der Waals surface area contributed by atoms with Crippen LogP contribution in [-0.2, 0) is 16.1 Å². The van der Waals surface area contributed by atoms with E-state index in [-0.39, 0.29) is 24.1 Å². The number of ether oxygens (including phenoxy) is 2. The molecule has 1 aromatic rings. The SMILES string of the molecule is CC(C)(C(=O)NCc1ccc(OC(F)(F)F)cc1)C1CCOCC1. The predicted octanol–water partition coefficient (Wildman–Crippen LogP) is 3.65. The summed E-state index contributed by atoms with van der Waals surface area (Å²) in [7, 11) is 0. The van der Waals surface area contributed by atoms with E-state index in [9.17, 15) is 18.0 Å². The zero-order valence-electron chi connectivity index (χ0n) is 13.8. The van der Waals surface area contributed by atoms with Crippen LogP contribution >= 0.6 is 0 Å². The molecule has 0 spiro atoms. The maximum absolute atomic E-state index is 12.5. The quantitative estimate of drug-likeness (QED) is 0.886. The fourth-order valence-corrected chi connectivity index (χ4v) is 2.82. The Bertz CT molecular complexity index is 549. The summed E-state index contributed by atoms with van der Waals surface area (Å²) in [5.41, 5.74) is 0.198. The van der Waals surface area contributed by atoms with Crippen LogP contribution in [-0.4, -0.2) is 25.5 Å². The highest BCUT2D eigenvalue weighted by molar-refractivity contribution is 5.82. The molecule has 1 aliphatic rings. The van der Waals surface area contributed by atoms with Gasteiger partial charge in [0.05, 0.1) is 0 Å². The van der Waals surface area contributed by atoms with Gasteiger partial charge in [-0.3, -0.25) is 4.79 Å². The van der Waals surface area contributed by atoms with Gasteiger partial charge in [-0.1, -0.05) is 26.0 Å². The molecule has 0 aliphatic carbocycles. The summed E-state index contributed by atoms with van der Waals surface area (Å²) in [5, 5.41) is 2.86. The lowest BCUT2D eigenvalue weighted by molar-refractivity contribution is -0.274. The number of alkyl halides is 3. The lowest BCUT2D eigenvalue weighted by atomic mass is 9.74. The summed E-state index contributed by atoms with van der Waals surface area (Å²) < 4.78 is 45.5. The average Bonchev–Trinajstić information content (AvgIpc) is 2.53. The molecule has 1 amide bonds. The monoisotopic (exact) mass is 345 g/mol. The zero-order chi connectivity index (χ0) is 17.8. The fraction of sp³-hybridized carbons (Fsp3) is 0.588. The van der Waals surface area contributed by atoms with Crippen LogP contribution in [0.1, 0.15) is 32.3 Å². The van der Waals surface area contributed by atoms with Gasteiger partial charge in [0, 0.05) is 25.2 Å². The Morgan fingerprint density at radius 3 is 2.33 bits per heavy atom. The first-order chi connectivity index (χ1) is 11.2. The third-order valence-corrected chi connectivity index (χ3v) is 4.44. The number of benzene rings is 1. The molecule has 7 heteroatoms. The third kappa shape index (κ3) is 5.12. The van der Waals surface area contributed by atoms with Gasteiger partial charge in [0.2, 0.25) is 5.91 Å². The predicted molar refractivity (Wildman–Crippen MR) is 82.3 cm³/mol. The number of nitrogens with one attached hydrogen (secondary N) is 1. The minimum Gasteiger partial charge on any atom is -0.406 e. The fourth-order valence-electron chi connectivity index (χ4n) is 2.82. The summed E-state index contributed by atoms with van der Waals surface area (Å²) in [4.78, 5) is 12.5. The van der Waals surface area contributed by atoms with Crippen LogP contribution in [0.25, 0.3) is 0 Å². The summed E-state index contributed by atoms with van der Waals surface area (Å²) in [5.74, 6) is -0.0843. The minimum atomic E-state index is -4.70. The molecule has 1 heterocycles. The van der Waals surface area contributed by atoms with E-state index in [4.69, 9.17) is 4.74 Å². The van der Waals surface area contributed by atoms with Crippen molar-refractivity contribution in [1.29, 1.82) is 0 Å². The molecule has 2 rings (SSSR count). The molecule has 0 unspecified atom stereocenters. The van der Waals surface area contributed by atoms with Crippen molar-refractivity contribution in [2.75, 3.05) is 13.2 Å². The Morgan fingerprint density at radius 1 is 1.21 bits per heavy atom. The van der Waals surface area contributed by atoms with Crippen LogP contribution in [0.4, 0.5) is 13.2 Å². The highest BCUT2D eigenvalue weighted by Crippen LogP contribution is 2.34. The molecule has 1 N–H and O–H groups in total. The van der Waals surface area contributed by atoms with Gasteiger partial charge in [0.25, 0.3) is 0 Å². The van der Waals surface area contributed by atoms with Crippen molar-refractivity contribution < 1.29 is 27.4 Å². The van der Waals surface area contributed by atoms with Crippen molar-refractivity contribution in [2.45, 2.75) is 39.6 Å². The number of carbonyl (C=O) groups excluding carboxylic acids is 1. The lowest BCUT2D eigenvalue weighted by Gasteiger charge is -2.35. The molecule has 1 aromatic carbocycles. The highest BCUT2D eigenvalue weighted by atomic mass is 19.4. The van der Waals surface area contributed by atoms with E-state index in [2.05, 4.69) is 10.1 Å². The van der Waals surface area contributed by atoms with E-state index in [0.29, 0.717) is 18.8 Å². The molecular formula is C17H22F3NO3. The van der Waals surface area contributed by atoms with Gasteiger partial charge in [0.1, 0.15) is 5.75 Å². The molecule has 0 radical (unpaired) electrons. The Kier molecular flexibility index (Phi) is 5.74. The molecule has 0 atom stereocenters. The van der Waals surface area contributed by atoms with Crippen LogP contribution in [0.5, 0.6) is 5.75 Å². The molecule has 134 valence electrons. The topological polar surface area (TPSA) is 47.6 Å². The number of carbonyl (C=O) groups is 1. The van der Waals surface area contributed by atoms with Crippen molar-refractivity contribution in [3.05, 3.63) is 29.8 Å². The minimum absolute atomic E-state index is 0.0648. The number of hydrogen-bond donors (Lipinski definition) is 1. The molecule has 4 nitrogen and oxygen atoms in total. The molecule has 1 fully saturated rings. The average molecular weight is 345 g/mol. The molecule has 0 bridgehead atoms. The van der Waals surface area contributed by atoms with Gasteiger partial charge >= 0.3 is 6.36 Å². The van der Waals surface area contributed by atoms with Gasteiger partial charge in [0.15, 0.2) is 0 Å². The van der Waals surface area contributed by atoms with E-state index < -0.39 is 11.8 Å². The van der Waals surface area contributed by atoms with E-state index in [1.807, 2.05) is 13.8 Å². The van der Waals surface area contributed by atoms with Crippen molar-refractivity contribution in [2.24, 2.45) is 11.3 Å². The van der Waals surface area contributed by atoms with Gasteiger partial charge in [-0.2, -0.15) is 0 Å². The lowest BCUT2D eigenvalue weighted by Crippen LogP contribution is -2.43. The summed E-state index contributed by atoms with van der Waals surface area (Å²) in [6.45, 7) is 5.43. The second kappa shape index (κ2) is 7.42. The van der Waals surface area contributed by atoms with E-state index in [1.54, 1.807) is 0 Å². The van der Waals surface area contributed by atoms with Crippen molar-refractivity contribution >= 4 is 5.91 Å². The van der Waals surface area contributed by atoms with Crippen LogP contribution in [0, 0.1) is 11.3 Å².